The second kappa shape index (κ2) is 6.21. The molecule has 0 aromatic heterocycles. The molecule has 1 aliphatic heterocycles. The van der Waals surface area contributed by atoms with Gasteiger partial charge in [-0.3, -0.25) is 4.90 Å². The zero-order valence-electron chi connectivity index (χ0n) is 11.6. The smallest absolute Gasteiger partial charge is 0.118 e. The Morgan fingerprint density at radius 3 is 2.61 bits per heavy atom. The standard InChI is InChI=1S/C15H24N2O/c1-12-5-4-10-17(12)11-15(16-2)13-6-8-14(18-3)9-7-13/h6-9,12,15-16H,4-5,10-11H2,1-3H3. The lowest BCUT2D eigenvalue weighted by Crippen LogP contribution is -2.35. The molecule has 3 heteroatoms. The summed E-state index contributed by atoms with van der Waals surface area (Å²) in [6.45, 7) is 4.65. The average molecular weight is 248 g/mol. The van der Waals surface area contributed by atoms with Crippen LogP contribution in [0.3, 0.4) is 0 Å². The summed E-state index contributed by atoms with van der Waals surface area (Å²) < 4.78 is 5.20. The Hall–Kier alpha value is -1.06. The van der Waals surface area contributed by atoms with Crippen molar-refractivity contribution in [1.82, 2.24) is 10.2 Å². The Morgan fingerprint density at radius 2 is 2.11 bits per heavy atom. The Balaban J connectivity index is 2.02. The van der Waals surface area contributed by atoms with E-state index in [4.69, 9.17) is 4.74 Å². The lowest BCUT2D eigenvalue weighted by atomic mass is 10.1. The van der Waals surface area contributed by atoms with Crippen molar-refractivity contribution in [2.24, 2.45) is 0 Å². The van der Waals surface area contributed by atoms with Crippen LogP contribution in [0.4, 0.5) is 0 Å². The third-order valence-electron chi connectivity index (χ3n) is 3.97. The summed E-state index contributed by atoms with van der Waals surface area (Å²) >= 11 is 0. The molecule has 1 N–H and O–H groups in total. The average Bonchev–Trinajstić information content (AvgIpc) is 2.81. The van der Waals surface area contributed by atoms with Crippen LogP contribution in [0.25, 0.3) is 0 Å². The van der Waals surface area contributed by atoms with Crippen molar-refractivity contribution in [3.8, 4) is 5.75 Å². The van der Waals surface area contributed by atoms with Gasteiger partial charge in [-0.25, -0.2) is 0 Å². The number of hydrogen-bond acceptors (Lipinski definition) is 3. The molecule has 100 valence electrons. The minimum Gasteiger partial charge on any atom is -0.497 e. The normalized spacial score (nSPS) is 22.1. The van der Waals surface area contributed by atoms with Crippen molar-refractivity contribution in [3.05, 3.63) is 29.8 Å². The Morgan fingerprint density at radius 1 is 1.39 bits per heavy atom. The quantitative estimate of drug-likeness (QED) is 0.866. The monoisotopic (exact) mass is 248 g/mol. The highest BCUT2D eigenvalue weighted by molar-refractivity contribution is 5.29. The van der Waals surface area contributed by atoms with E-state index in [0.29, 0.717) is 6.04 Å². The maximum atomic E-state index is 5.20. The maximum absolute atomic E-state index is 5.20. The number of nitrogens with one attached hydrogen (secondary N) is 1. The number of likely N-dealkylation sites (N-methyl/N-ethyl adjacent to an activating group) is 1. The number of methoxy groups -OCH3 is 1. The van der Waals surface area contributed by atoms with Crippen LogP contribution in [-0.4, -0.2) is 38.2 Å². The molecule has 0 bridgehead atoms. The van der Waals surface area contributed by atoms with Gasteiger partial charge in [0.05, 0.1) is 7.11 Å². The van der Waals surface area contributed by atoms with E-state index < -0.39 is 0 Å². The third-order valence-corrected chi connectivity index (χ3v) is 3.97. The zero-order chi connectivity index (χ0) is 13.0. The molecule has 0 amide bonds. The second-order valence-corrected chi connectivity index (χ2v) is 5.10. The number of ether oxygens (including phenoxy) is 1. The molecule has 0 spiro atoms. The van der Waals surface area contributed by atoms with Gasteiger partial charge in [-0.2, -0.15) is 0 Å². The van der Waals surface area contributed by atoms with Crippen LogP contribution in [0.5, 0.6) is 5.75 Å². The molecule has 2 atom stereocenters. The highest BCUT2D eigenvalue weighted by atomic mass is 16.5. The molecule has 1 aromatic carbocycles. The first-order valence-corrected chi connectivity index (χ1v) is 6.80. The maximum Gasteiger partial charge on any atom is 0.118 e. The van der Waals surface area contributed by atoms with Gasteiger partial charge in [-0.05, 0) is 51.1 Å². The molecule has 1 heterocycles. The molecule has 18 heavy (non-hydrogen) atoms. The van der Waals surface area contributed by atoms with Gasteiger partial charge in [0.15, 0.2) is 0 Å². The second-order valence-electron chi connectivity index (χ2n) is 5.10. The minimum atomic E-state index is 0.399. The van der Waals surface area contributed by atoms with Gasteiger partial charge in [0, 0.05) is 18.6 Å². The SMILES string of the molecule is CNC(CN1CCCC1C)c1ccc(OC)cc1. The Bertz CT molecular complexity index is 363. The van der Waals surface area contributed by atoms with Crippen LogP contribution < -0.4 is 10.1 Å². The lowest BCUT2D eigenvalue weighted by molar-refractivity contribution is 0.241. The number of benzene rings is 1. The summed E-state index contributed by atoms with van der Waals surface area (Å²) in [4.78, 5) is 2.57. The molecule has 3 nitrogen and oxygen atoms in total. The molecular formula is C15H24N2O. The summed E-state index contributed by atoms with van der Waals surface area (Å²) in [5.74, 6) is 0.920. The molecule has 2 unspecified atom stereocenters. The summed E-state index contributed by atoms with van der Waals surface area (Å²) in [5, 5.41) is 3.42. The predicted molar refractivity (Wildman–Crippen MR) is 75.1 cm³/mol. The Kier molecular flexibility index (Phi) is 4.61. The molecule has 0 radical (unpaired) electrons. The fraction of sp³-hybridized carbons (Fsp3) is 0.600. The number of hydrogen-bond donors (Lipinski definition) is 1. The molecule has 1 fully saturated rings. The topological polar surface area (TPSA) is 24.5 Å². The number of rotatable bonds is 5. The van der Waals surface area contributed by atoms with Crippen LogP contribution >= 0.6 is 0 Å². The van der Waals surface area contributed by atoms with Gasteiger partial charge in [-0.15, -0.1) is 0 Å². The summed E-state index contributed by atoms with van der Waals surface area (Å²) in [6, 6.07) is 9.50. The van der Waals surface area contributed by atoms with Crippen molar-refractivity contribution in [2.45, 2.75) is 31.8 Å². The van der Waals surface area contributed by atoms with E-state index in [1.165, 1.54) is 24.9 Å². The highest BCUT2D eigenvalue weighted by Gasteiger charge is 2.23. The van der Waals surface area contributed by atoms with Crippen molar-refractivity contribution in [3.63, 3.8) is 0 Å². The molecule has 2 rings (SSSR count). The van der Waals surface area contributed by atoms with E-state index in [1.807, 2.05) is 19.2 Å². The van der Waals surface area contributed by atoms with Crippen LogP contribution in [-0.2, 0) is 0 Å². The van der Waals surface area contributed by atoms with Crippen LogP contribution in [0.1, 0.15) is 31.4 Å². The lowest BCUT2D eigenvalue weighted by Gasteiger charge is -2.27. The summed E-state index contributed by atoms with van der Waals surface area (Å²) in [6.07, 6.45) is 2.67. The molecule has 1 aromatic rings. The van der Waals surface area contributed by atoms with E-state index in [-0.39, 0.29) is 0 Å². The van der Waals surface area contributed by atoms with Gasteiger partial charge in [0.2, 0.25) is 0 Å². The molecule has 1 aliphatic rings. The third kappa shape index (κ3) is 3.03. The fourth-order valence-corrected chi connectivity index (χ4v) is 2.70. The Labute approximate surface area is 110 Å². The molecule has 0 aliphatic carbocycles. The molecule has 1 saturated heterocycles. The van der Waals surface area contributed by atoms with Crippen molar-refractivity contribution < 1.29 is 4.74 Å². The van der Waals surface area contributed by atoms with Gasteiger partial charge >= 0.3 is 0 Å². The van der Waals surface area contributed by atoms with E-state index in [1.54, 1.807) is 7.11 Å². The van der Waals surface area contributed by atoms with Crippen LogP contribution in [0.2, 0.25) is 0 Å². The van der Waals surface area contributed by atoms with E-state index in [0.717, 1.165) is 18.3 Å². The number of likely N-dealkylation sites (tertiary alicyclic amines) is 1. The van der Waals surface area contributed by atoms with Gasteiger partial charge in [0.1, 0.15) is 5.75 Å². The van der Waals surface area contributed by atoms with E-state index >= 15 is 0 Å². The molecule has 0 saturated carbocycles. The predicted octanol–water partition coefficient (Wildman–Crippen LogP) is 2.44. The largest absolute Gasteiger partial charge is 0.497 e. The van der Waals surface area contributed by atoms with Gasteiger partial charge in [-0.1, -0.05) is 12.1 Å². The van der Waals surface area contributed by atoms with Crippen LogP contribution in [0, 0.1) is 0 Å². The van der Waals surface area contributed by atoms with Crippen molar-refractivity contribution in [2.75, 3.05) is 27.2 Å². The summed E-state index contributed by atoms with van der Waals surface area (Å²) in [5.41, 5.74) is 1.33. The van der Waals surface area contributed by atoms with Gasteiger partial charge in [0.25, 0.3) is 0 Å². The molecular weight excluding hydrogens is 224 g/mol. The fourth-order valence-electron chi connectivity index (χ4n) is 2.70. The van der Waals surface area contributed by atoms with E-state index in [2.05, 4.69) is 29.3 Å². The first-order chi connectivity index (χ1) is 8.74. The summed E-state index contributed by atoms with van der Waals surface area (Å²) in [7, 11) is 3.74. The van der Waals surface area contributed by atoms with Crippen molar-refractivity contribution >= 4 is 0 Å². The number of nitrogens with zero attached hydrogens (tertiary/aromatic N) is 1. The van der Waals surface area contributed by atoms with Crippen LogP contribution in [0.15, 0.2) is 24.3 Å². The highest BCUT2D eigenvalue weighted by Crippen LogP contribution is 2.22. The van der Waals surface area contributed by atoms with E-state index in [9.17, 15) is 0 Å². The van der Waals surface area contributed by atoms with Gasteiger partial charge < -0.3 is 10.1 Å². The zero-order valence-corrected chi connectivity index (χ0v) is 11.6. The first-order valence-electron chi connectivity index (χ1n) is 6.80. The van der Waals surface area contributed by atoms with Crippen molar-refractivity contribution in [1.29, 1.82) is 0 Å². The first kappa shape index (κ1) is 13.4. The minimum absolute atomic E-state index is 0.399.